The zero-order valence-corrected chi connectivity index (χ0v) is 23.9. The van der Waals surface area contributed by atoms with Crippen LogP contribution in [0.2, 0.25) is 0 Å². The minimum Gasteiger partial charge on any atom is -0.459 e. The number of piperidine rings is 2. The highest BCUT2D eigenvalue weighted by atomic mass is 32.2. The Morgan fingerprint density at radius 3 is 2.50 bits per heavy atom. The minimum absolute atomic E-state index is 0.149. The van der Waals surface area contributed by atoms with E-state index in [1.165, 1.54) is 44.1 Å². The summed E-state index contributed by atoms with van der Waals surface area (Å²) in [6, 6.07) is 8.45. The number of allylic oxidation sites excluding steroid dienone is 1. The van der Waals surface area contributed by atoms with E-state index in [2.05, 4.69) is 28.9 Å². The highest BCUT2D eigenvalue weighted by Gasteiger charge is 2.42. The van der Waals surface area contributed by atoms with E-state index < -0.39 is 0 Å². The van der Waals surface area contributed by atoms with Crippen LogP contribution in [-0.2, 0) is 14.3 Å². The number of carbonyl (C=O) groups excluding carboxylic acids is 2. The summed E-state index contributed by atoms with van der Waals surface area (Å²) < 4.78 is 5.66. The van der Waals surface area contributed by atoms with Crippen LogP contribution < -0.4 is 0 Å². The van der Waals surface area contributed by atoms with Gasteiger partial charge >= 0.3 is 5.97 Å². The van der Waals surface area contributed by atoms with Crippen LogP contribution in [0.25, 0.3) is 0 Å². The van der Waals surface area contributed by atoms with Gasteiger partial charge in [0, 0.05) is 24.8 Å². The molecule has 0 aliphatic carbocycles. The number of ether oxygens (including phenoxy) is 1. The standard InChI is InChI=1S/C30H40N4O3S/c1-20(2)37-29(36)27-22(4)31-30-34(28(27)23-10-8-9-21(3)17-23)25(19-38-30)18-26(35)33-15-11-24(12-16-33)32-13-6-5-7-14-32/h8-10,17,19-20,24,28H,5-7,11-16,18H2,1-4H3. The van der Waals surface area contributed by atoms with Gasteiger partial charge in [-0.1, -0.05) is 48.0 Å². The number of rotatable bonds is 6. The summed E-state index contributed by atoms with van der Waals surface area (Å²) >= 11 is 1.53. The maximum Gasteiger partial charge on any atom is 0.338 e. The molecule has 0 radical (unpaired) electrons. The molecule has 0 saturated carbocycles. The molecule has 0 aromatic heterocycles. The second-order valence-corrected chi connectivity index (χ2v) is 12.0. The first kappa shape index (κ1) is 27.0. The Balaban J connectivity index is 1.34. The Morgan fingerprint density at radius 1 is 1.08 bits per heavy atom. The number of hydrogen-bond donors (Lipinski definition) is 0. The van der Waals surface area contributed by atoms with Gasteiger partial charge in [0.1, 0.15) is 0 Å². The first-order chi connectivity index (χ1) is 18.3. The predicted molar refractivity (Wildman–Crippen MR) is 152 cm³/mol. The van der Waals surface area contributed by atoms with E-state index >= 15 is 0 Å². The molecule has 38 heavy (non-hydrogen) atoms. The second kappa shape index (κ2) is 11.7. The fourth-order valence-corrected chi connectivity index (χ4v) is 7.06. The Hall–Kier alpha value is -2.58. The SMILES string of the molecule is CC1=C(C(=O)OC(C)C)C(c2cccc(C)c2)N2C(CC(=O)N3CCC(N4CCCCC4)CC3)=CSC2=N1. The van der Waals surface area contributed by atoms with Crippen LogP contribution in [-0.4, -0.2) is 70.1 Å². The van der Waals surface area contributed by atoms with Crippen molar-refractivity contribution < 1.29 is 14.3 Å². The molecule has 204 valence electrons. The summed E-state index contributed by atoms with van der Waals surface area (Å²) in [7, 11) is 0. The quantitative estimate of drug-likeness (QED) is 0.455. The van der Waals surface area contributed by atoms with Gasteiger partial charge in [-0.2, -0.15) is 0 Å². The number of benzene rings is 1. The van der Waals surface area contributed by atoms with Crippen molar-refractivity contribution in [3.63, 3.8) is 0 Å². The fraction of sp³-hybridized carbons (Fsp3) is 0.567. The van der Waals surface area contributed by atoms with Crippen molar-refractivity contribution in [2.24, 2.45) is 4.99 Å². The number of carbonyl (C=O) groups is 2. The monoisotopic (exact) mass is 536 g/mol. The van der Waals surface area contributed by atoms with E-state index in [1.807, 2.05) is 43.2 Å². The van der Waals surface area contributed by atoms with Crippen molar-refractivity contribution in [1.82, 2.24) is 14.7 Å². The molecule has 5 rings (SSSR count). The number of esters is 1. The molecule has 1 aromatic carbocycles. The molecule has 1 atom stereocenters. The normalized spacial score (nSPS) is 22.9. The fourth-order valence-electron chi connectivity index (χ4n) is 6.09. The van der Waals surface area contributed by atoms with Gasteiger partial charge in [0.25, 0.3) is 0 Å². The molecule has 0 spiro atoms. The molecule has 4 heterocycles. The number of nitrogens with zero attached hydrogens (tertiary/aromatic N) is 4. The molecule has 0 bridgehead atoms. The lowest BCUT2D eigenvalue weighted by atomic mass is 9.92. The molecule has 1 amide bonds. The third kappa shape index (κ3) is 5.71. The Kier molecular flexibility index (Phi) is 8.29. The number of amides is 1. The Morgan fingerprint density at radius 2 is 1.82 bits per heavy atom. The molecular weight excluding hydrogens is 496 g/mol. The molecule has 1 aromatic rings. The number of thioether (sulfide) groups is 1. The molecule has 8 heteroatoms. The summed E-state index contributed by atoms with van der Waals surface area (Å²) in [5, 5.41) is 2.84. The van der Waals surface area contributed by atoms with Gasteiger partial charge in [0.05, 0.1) is 29.8 Å². The van der Waals surface area contributed by atoms with Crippen molar-refractivity contribution in [1.29, 1.82) is 0 Å². The smallest absolute Gasteiger partial charge is 0.338 e. The summed E-state index contributed by atoms with van der Waals surface area (Å²) in [5.74, 6) is -0.204. The molecule has 7 nitrogen and oxygen atoms in total. The van der Waals surface area contributed by atoms with E-state index in [-0.39, 0.29) is 24.0 Å². The van der Waals surface area contributed by atoms with Crippen LogP contribution in [0.5, 0.6) is 0 Å². The number of likely N-dealkylation sites (tertiary alicyclic amines) is 2. The summed E-state index contributed by atoms with van der Waals surface area (Å²) in [5.41, 5.74) is 4.21. The lowest BCUT2D eigenvalue weighted by Gasteiger charge is -2.40. The first-order valence-electron chi connectivity index (χ1n) is 14.1. The van der Waals surface area contributed by atoms with Gasteiger partial charge in [-0.25, -0.2) is 9.79 Å². The molecule has 1 unspecified atom stereocenters. The lowest BCUT2D eigenvalue weighted by molar-refractivity contribution is -0.143. The van der Waals surface area contributed by atoms with Crippen LogP contribution in [0.15, 0.2) is 51.6 Å². The van der Waals surface area contributed by atoms with E-state index in [0.717, 1.165) is 47.9 Å². The number of aliphatic imine (C=N–C) groups is 1. The number of aryl methyl sites for hydroxylation is 1. The van der Waals surface area contributed by atoms with Gasteiger partial charge in [-0.15, -0.1) is 0 Å². The van der Waals surface area contributed by atoms with Crippen molar-refractivity contribution in [3.05, 3.63) is 57.8 Å². The molecule has 2 saturated heterocycles. The third-order valence-corrected chi connectivity index (χ3v) is 8.87. The van der Waals surface area contributed by atoms with Crippen molar-refractivity contribution in [3.8, 4) is 0 Å². The first-order valence-corrected chi connectivity index (χ1v) is 14.9. The molecular formula is C30H40N4O3S. The van der Waals surface area contributed by atoms with Gasteiger partial charge in [0.2, 0.25) is 5.91 Å². The second-order valence-electron chi connectivity index (χ2n) is 11.1. The summed E-state index contributed by atoms with van der Waals surface area (Å²) in [6.07, 6.45) is 6.11. The van der Waals surface area contributed by atoms with Gasteiger partial charge in [0.15, 0.2) is 5.17 Å². The van der Waals surface area contributed by atoms with Gasteiger partial charge in [-0.3, -0.25) is 4.79 Å². The number of amidine groups is 1. The summed E-state index contributed by atoms with van der Waals surface area (Å²) in [6.45, 7) is 11.7. The van der Waals surface area contributed by atoms with Crippen LogP contribution in [0.4, 0.5) is 0 Å². The maximum absolute atomic E-state index is 13.5. The molecule has 0 N–H and O–H groups in total. The highest BCUT2D eigenvalue weighted by Crippen LogP contribution is 2.45. The summed E-state index contributed by atoms with van der Waals surface area (Å²) in [4.78, 5) is 38.4. The minimum atomic E-state index is -0.382. The van der Waals surface area contributed by atoms with E-state index in [1.54, 1.807) is 0 Å². The van der Waals surface area contributed by atoms with Crippen molar-refractivity contribution in [2.45, 2.75) is 84.4 Å². The largest absolute Gasteiger partial charge is 0.459 e. The highest BCUT2D eigenvalue weighted by molar-refractivity contribution is 8.16. The third-order valence-electron chi connectivity index (χ3n) is 7.98. The lowest BCUT2D eigenvalue weighted by Crippen LogP contribution is -2.48. The molecule has 4 aliphatic heterocycles. The van der Waals surface area contributed by atoms with Crippen molar-refractivity contribution >= 4 is 28.8 Å². The van der Waals surface area contributed by atoms with Crippen LogP contribution in [0.1, 0.15) is 76.5 Å². The zero-order valence-electron chi connectivity index (χ0n) is 23.1. The molecule has 4 aliphatic rings. The van der Waals surface area contributed by atoms with Gasteiger partial charge in [-0.05, 0) is 77.4 Å². The zero-order chi connectivity index (χ0) is 26.8. The predicted octanol–water partition coefficient (Wildman–Crippen LogP) is 5.39. The number of hydrogen-bond acceptors (Lipinski definition) is 7. The average molecular weight is 537 g/mol. The average Bonchev–Trinajstić information content (AvgIpc) is 3.29. The van der Waals surface area contributed by atoms with Gasteiger partial charge < -0.3 is 19.4 Å². The molecule has 2 fully saturated rings. The Bertz CT molecular complexity index is 1160. The van der Waals surface area contributed by atoms with Crippen LogP contribution in [0.3, 0.4) is 0 Å². The number of fused-ring (bicyclic) bond motifs is 1. The maximum atomic E-state index is 13.5. The van der Waals surface area contributed by atoms with E-state index in [0.29, 0.717) is 23.7 Å². The van der Waals surface area contributed by atoms with E-state index in [4.69, 9.17) is 9.73 Å². The Labute approximate surface area is 231 Å². The van der Waals surface area contributed by atoms with Crippen LogP contribution >= 0.6 is 11.8 Å². The van der Waals surface area contributed by atoms with Crippen LogP contribution in [0, 0.1) is 6.92 Å². The van der Waals surface area contributed by atoms with E-state index in [9.17, 15) is 9.59 Å². The topological polar surface area (TPSA) is 65.5 Å². The van der Waals surface area contributed by atoms with Crippen molar-refractivity contribution in [2.75, 3.05) is 26.2 Å².